The minimum atomic E-state index is -0.0440. The highest BCUT2D eigenvalue weighted by atomic mass is 35.5. The van der Waals surface area contributed by atoms with E-state index in [-0.39, 0.29) is 11.8 Å². The lowest BCUT2D eigenvalue weighted by Crippen LogP contribution is -2.46. The predicted molar refractivity (Wildman–Crippen MR) is 104 cm³/mol. The molecular weight excluding hydrogens is 360 g/mol. The van der Waals surface area contributed by atoms with Crippen LogP contribution in [0.4, 0.5) is 5.82 Å². The molecule has 27 heavy (non-hydrogen) atoms. The van der Waals surface area contributed by atoms with Crippen LogP contribution in [0.5, 0.6) is 0 Å². The van der Waals surface area contributed by atoms with Crippen LogP contribution in [0.2, 0.25) is 5.02 Å². The lowest BCUT2D eigenvalue weighted by Gasteiger charge is -2.37. The summed E-state index contributed by atoms with van der Waals surface area (Å²) in [6.45, 7) is 2.92. The fourth-order valence-electron chi connectivity index (χ4n) is 4.04. The first-order chi connectivity index (χ1) is 13.2. The summed E-state index contributed by atoms with van der Waals surface area (Å²) in [5.74, 6) is 0.841. The standard InChI is InChI=1S/C21H21ClN4O/c22-19-10-15(11-23)12-24-20(19)25-8-3-6-18(14-25)21(27)26-9-7-16-4-1-2-5-17(16)13-26/h1-2,4-5,10,12,18H,3,6-9,13-14H2. The second-order valence-electron chi connectivity index (χ2n) is 7.20. The largest absolute Gasteiger partial charge is 0.355 e. The number of anilines is 1. The SMILES string of the molecule is N#Cc1cnc(N2CCCC(C(=O)N3CCc4ccccc4C3)C2)c(Cl)c1. The number of pyridine rings is 1. The van der Waals surface area contributed by atoms with E-state index in [4.69, 9.17) is 16.9 Å². The van der Waals surface area contributed by atoms with Gasteiger partial charge in [-0.2, -0.15) is 5.26 Å². The first kappa shape index (κ1) is 17.8. The number of nitriles is 1. The van der Waals surface area contributed by atoms with Crippen molar-refractivity contribution >= 4 is 23.3 Å². The molecule has 0 aliphatic carbocycles. The van der Waals surface area contributed by atoms with Crippen LogP contribution in [0, 0.1) is 17.2 Å². The monoisotopic (exact) mass is 380 g/mol. The number of rotatable bonds is 2. The van der Waals surface area contributed by atoms with E-state index in [0.29, 0.717) is 29.5 Å². The number of piperidine rings is 1. The number of hydrogen-bond acceptors (Lipinski definition) is 4. The van der Waals surface area contributed by atoms with Crippen LogP contribution in [-0.4, -0.2) is 35.4 Å². The van der Waals surface area contributed by atoms with Crippen molar-refractivity contribution in [3.8, 4) is 6.07 Å². The number of amides is 1. The van der Waals surface area contributed by atoms with E-state index < -0.39 is 0 Å². The Bertz CT molecular complexity index is 907. The van der Waals surface area contributed by atoms with Crippen molar-refractivity contribution in [2.45, 2.75) is 25.8 Å². The number of nitrogens with zero attached hydrogens (tertiary/aromatic N) is 4. The number of carbonyl (C=O) groups excluding carboxylic acids is 1. The maximum absolute atomic E-state index is 13.1. The molecule has 0 N–H and O–H groups in total. The molecule has 1 aromatic heterocycles. The summed E-state index contributed by atoms with van der Waals surface area (Å²) in [5.41, 5.74) is 3.04. The highest BCUT2D eigenvalue weighted by Crippen LogP contribution is 2.30. The molecule has 1 amide bonds. The Morgan fingerprint density at radius 3 is 2.85 bits per heavy atom. The lowest BCUT2D eigenvalue weighted by molar-refractivity contribution is -0.136. The Morgan fingerprint density at radius 1 is 1.26 bits per heavy atom. The molecule has 1 fully saturated rings. The van der Waals surface area contributed by atoms with E-state index in [1.165, 1.54) is 17.3 Å². The van der Waals surface area contributed by atoms with Crippen molar-refractivity contribution in [3.63, 3.8) is 0 Å². The van der Waals surface area contributed by atoms with Crippen LogP contribution < -0.4 is 4.90 Å². The summed E-state index contributed by atoms with van der Waals surface area (Å²) in [6, 6.07) is 12.0. The Kier molecular flexibility index (Phi) is 5.00. The maximum atomic E-state index is 13.1. The molecule has 2 aromatic rings. The fourth-order valence-corrected chi connectivity index (χ4v) is 4.32. The molecule has 5 nitrogen and oxygen atoms in total. The topological polar surface area (TPSA) is 60.2 Å². The number of halogens is 1. The summed E-state index contributed by atoms with van der Waals surface area (Å²) < 4.78 is 0. The second kappa shape index (κ2) is 7.58. The average Bonchev–Trinajstić information content (AvgIpc) is 2.72. The van der Waals surface area contributed by atoms with Crippen molar-refractivity contribution in [1.29, 1.82) is 5.26 Å². The van der Waals surface area contributed by atoms with Crippen molar-refractivity contribution in [1.82, 2.24) is 9.88 Å². The third kappa shape index (κ3) is 3.63. The Labute approximate surface area is 164 Å². The fraction of sp³-hybridized carbons (Fsp3) is 0.381. The minimum Gasteiger partial charge on any atom is -0.355 e. The van der Waals surface area contributed by atoms with Crippen LogP contribution in [0.15, 0.2) is 36.5 Å². The molecule has 1 aromatic carbocycles. The molecule has 0 radical (unpaired) electrons. The average molecular weight is 381 g/mol. The number of carbonyl (C=O) groups is 1. The third-order valence-electron chi connectivity index (χ3n) is 5.46. The summed E-state index contributed by atoms with van der Waals surface area (Å²) in [6.07, 6.45) is 4.27. The highest BCUT2D eigenvalue weighted by molar-refractivity contribution is 6.33. The molecule has 3 heterocycles. The number of aromatic nitrogens is 1. The van der Waals surface area contributed by atoms with Gasteiger partial charge >= 0.3 is 0 Å². The minimum absolute atomic E-state index is 0.0440. The van der Waals surface area contributed by atoms with Crippen molar-refractivity contribution < 1.29 is 4.79 Å². The quantitative estimate of drug-likeness (QED) is 0.801. The highest BCUT2D eigenvalue weighted by Gasteiger charge is 2.32. The van der Waals surface area contributed by atoms with Gasteiger partial charge in [-0.05, 0) is 36.5 Å². The Balaban J connectivity index is 1.47. The van der Waals surface area contributed by atoms with Gasteiger partial charge in [-0.15, -0.1) is 0 Å². The van der Waals surface area contributed by atoms with Gasteiger partial charge < -0.3 is 9.80 Å². The van der Waals surface area contributed by atoms with Gasteiger partial charge in [-0.3, -0.25) is 4.79 Å². The molecule has 138 valence electrons. The molecule has 2 aliphatic rings. The number of fused-ring (bicyclic) bond motifs is 1. The van der Waals surface area contributed by atoms with Crippen LogP contribution >= 0.6 is 11.6 Å². The molecule has 1 unspecified atom stereocenters. The smallest absolute Gasteiger partial charge is 0.227 e. The molecule has 1 atom stereocenters. The Hall–Kier alpha value is -2.58. The van der Waals surface area contributed by atoms with Gasteiger partial charge in [0.05, 0.1) is 16.5 Å². The lowest BCUT2D eigenvalue weighted by atomic mass is 9.94. The Morgan fingerprint density at radius 2 is 2.07 bits per heavy atom. The molecule has 2 aliphatic heterocycles. The summed E-state index contributed by atoms with van der Waals surface area (Å²) in [7, 11) is 0. The normalized spacial score (nSPS) is 19.3. The first-order valence-corrected chi connectivity index (χ1v) is 9.69. The molecular formula is C21H21ClN4O. The third-order valence-corrected chi connectivity index (χ3v) is 5.74. The number of hydrogen-bond donors (Lipinski definition) is 0. The summed E-state index contributed by atoms with van der Waals surface area (Å²) in [4.78, 5) is 21.6. The van der Waals surface area contributed by atoms with E-state index in [9.17, 15) is 4.79 Å². The van der Waals surface area contributed by atoms with E-state index >= 15 is 0 Å². The van der Waals surface area contributed by atoms with Crippen LogP contribution in [-0.2, 0) is 17.8 Å². The van der Waals surface area contributed by atoms with Gasteiger partial charge in [0.25, 0.3) is 0 Å². The zero-order valence-corrected chi connectivity index (χ0v) is 15.8. The van der Waals surface area contributed by atoms with Gasteiger partial charge in [0.1, 0.15) is 11.9 Å². The van der Waals surface area contributed by atoms with Crippen LogP contribution in [0.1, 0.15) is 29.5 Å². The molecule has 0 saturated carbocycles. The molecule has 1 saturated heterocycles. The predicted octanol–water partition coefficient (Wildman–Crippen LogP) is 3.41. The van der Waals surface area contributed by atoms with Gasteiger partial charge in [0.2, 0.25) is 5.91 Å². The molecule has 4 rings (SSSR count). The van der Waals surface area contributed by atoms with E-state index in [1.807, 2.05) is 17.0 Å². The summed E-state index contributed by atoms with van der Waals surface area (Å²) in [5, 5.41) is 9.45. The van der Waals surface area contributed by atoms with E-state index in [0.717, 1.165) is 32.4 Å². The van der Waals surface area contributed by atoms with Crippen molar-refractivity contribution in [2.24, 2.45) is 5.92 Å². The van der Waals surface area contributed by atoms with Gasteiger partial charge in [-0.25, -0.2) is 4.98 Å². The van der Waals surface area contributed by atoms with Crippen LogP contribution in [0.3, 0.4) is 0 Å². The first-order valence-electron chi connectivity index (χ1n) is 9.32. The molecule has 6 heteroatoms. The van der Waals surface area contributed by atoms with Crippen molar-refractivity contribution in [2.75, 3.05) is 24.5 Å². The zero-order chi connectivity index (χ0) is 18.8. The van der Waals surface area contributed by atoms with E-state index in [2.05, 4.69) is 28.1 Å². The second-order valence-corrected chi connectivity index (χ2v) is 7.61. The van der Waals surface area contributed by atoms with Gasteiger partial charge in [-0.1, -0.05) is 35.9 Å². The zero-order valence-electron chi connectivity index (χ0n) is 15.1. The molecule has 0 bridgehead atoms. The molecule has 0 spiro atoms. The number of benzene rings is 1. The maximum Gasteiger partial charge on any atom is 0.227 e. The van der Waals surface area contributed by atoms with E-state index in [1.54, 1.807) is 6.07 Å². The summed E-state index contributed by atoms with van der Waals surface area (Å²) >= 11 is 6.32. The van der Waals surface area contributed by atoms with Crippen molar-refractivity contribution in [3.05, 3.63) is 58.2 Å². The van der Waals surface area contributed by atoms with Gasteiger partial charge in [0.15, 0.2) is 0 Å². The van der Waals surface area contributed by atoms with Crippen LogP contribution in [0.25, 0.3) is 0 Å². The van der Waals surface area contributed by atoms with Gasteiger partial charge in [0, 0.05) is 32.4 Å².